The van der Waals surface area contributed by atoms with Crippen molar-refractivity contribution in [1.82, 2.24) is 0 Å². The van der Waals surface area contributed by atoms with E-state index in [1.54, 1.807) is 17.0 Å². The molecular formula is C15H14BrNO3. The summed E-state index contributed by atoms with van der Waals surface area (Å²) in [6.45, 7) is 5.01. The fraction of sp³-hybridized carbons (Fsp3) is 0.267. The average molecular weight is 336 g/mol. The van der Waals surface area contributed by atoms with Gasteiger partial charge in [0.25, 0.3) is 5.91 Å². The lowest BCUT2D eigenvalue weighted by molar-refractivity contribution is 0.0948. The summed E-state index contributed by atoms with van der Waals surface area (Å²) in [5.74, 6) is 0.935. The molecule has 20 heavy (non-hydrogen) atoms. The minimum absolute atomic E-state index is 0.146. The third-order valence-electron chi connectivity index (χ3n) is 3.28. The van der Waals surface area contributed by atoms with Gasteiger partial charge in [-0.25, -0.2) is 0 Å². The number of halogens is 1. The second-order valence-electron chi connectivity index (χ2n) is 4.84. The fourth-order valence-corrected chi connectivity index (χ4v) is 2.81. The molecule has 4 nitrogen and oxygen atoms in total. The topological polar surface area (TPSA) is 42.7 Å². The number of furan rings is 1. The molecule has 0 bridgehead atoms. The van der Waals surface area contributed by atoms with Gasteiger partial charge in [-0.3, -0.25) is 9.69 Å². The van der Waals surface area contributed by atoms with Gasteiger partial charge in [0.15, 0.2) is 10.4 Å². The van der Waals surface area contributed by atoms with Crippen LogP contribution in [0.3, 0.4) is 0 Å². The number of hydrogen-bond donors (Lipinski definition) is 0. The van der Waals surface area contributed by atoms with Gasteiger partial charge in [0.2, 0.25) is 0 Å². The number of carbonyl (C=O) groups excluding carboxylic acids is 1. The van der Waals surface area contributed by atoms with Crippen molar-refractivity contribution in [2.45, 2.75) is 13.8 Å². The molecule has 5 heteroatoms. The number of rotatable bonds is 1. The summed E-state index contributed by atoms with van der Waals surface area (Å²) in [4.78, 5) is 14.3. The second kappa shape index (κ2) is 4.98. The van der Waals surface area contributed by atoms with E-state index in [-0.39, 0.29) is 5.91 Å². The smallest absolute Gasteiger partial charge is 0.294 e. The Balaban J connectivity index is 2.04. The molecule has 0 aliphatic carbocycles. The Morgan fingerprint density at radius 2 is 2.10 bits per heavy atom. The number of benzene rings is 1. The van der Waals surface area contributed by atoms with Crippen molar-refractivity contribution in [3.05, 3.63) is 45.8 Å². The first-order valence-electron chi connectivity index (χ1n) is 6.37. The molecule has 0 spiro atoms. The van der Waals surface area contributed by atoms with Crippen LogP contribution < -0.4 is 9.64 Å². The Kier molecular flexibility index (Phi) is 3.30. The molecule has 1 aromatic heterocycles. The van der Waals surface area contributed by atoms with Gasteiger partial charge < -0.3 is 9.15 Å². The maximum atomic E-state index is 12.6. The highest BCUT2D eigenvalue weighted by Gasteiger charge is 2.28. The van der Waals surface area contributed by atoms with Crippen molar-refractivity contribution in [2.75, 3.05) is 18.1 Å². The lowest BCUT2D eigenvalue weighted by Crippen LogP contribution is -2.38. The van der Waals surface area contributed by atoms with Crippen molar-refractivity contribution in [2.24, 2.45) is 0 Å². The predicted molar refractivity (Wildman–Crippen MR) is 79.5 cm³/mol. The first-order chi connectivity index (χ1) is 9.56. The highest BCUT2D eigenvalue weighted by Crippen LogP contribution is 2.36. The first-order valence-corrected chi connectivity index (χ1v) is 7.17. The molecule has 2 aromatic rings. The van der Waals surface area contributed by atoms with E-state index in [2.05, 4.69) is 15.9 Å². The van der Waals surface area contributed by atoms with Gasteiger partial charge in [0, 0.05) is 0 Å². The van der Waals surface area contributed by atoms with Gasteiger partial charge in [0.05, 0.1) is 12.2 Å². The Hall–Kier alpha value is -1.75. The van der Waals surface area contributed by atoms with Crippen LogP contribution in [0, 0.1) is 13.8 Å². The molecule has 0 N–H and O–H groups in total. The second-order valence-corrected chi connectivity index (χ2v) is 5.62. The van der Waals surface area contributed by atoms with Crippen LogP contribution >= 0.6 is 15.9 Å². The van der Waals surface area contributed by atoms with Crippen molar-refractivity contribution in [3.63, 3.8) is 0 Å². The Morgan fingerprint density at radius 1 is 1.30 bits per heavy atom. The molecule has 1 amide bonds. The predicted octanol–water partition coefficient (Wildman–Crippen LogP) is 3.70. The first kappa shape index (κ1) is 13.2. The van der Waals surface area contributed by atoms with Gasteiger partial charge in [-0.2, -0.15) is 0 Å². The van der Waals surface area contributed by atoms with Gasteiger partial charge >= 0.3 is 0 Å². The standard InChI is InChI=1S/C15H14BrNO3/c1-9-7-10(2)14-12(8-9)19-6-5-17(14)15(18)11-3-4-13(16)20-11/h3-4,7-8H,5-6H2,1-2H3. The maximum Gasteiger partial charge on any atom is 0.294 e. The maximum absolute atomic E-state index is 12.6. The third-order valence-corrected chi connectivity index (χ3v) is 3.71. The van der Waals surface area contributed by atoms with Crippen LogP contribution in [-0.2, 0) is 0 Å². The number of carbonyl (C=O) groups is 1. The molecule has 1 aromatic carbocycles. The van der Waals surface area contributed by atoms with Crippen LogP contribution in [0.25, 0.3) is 0 Å². The third kappa shape index (κ3) is 2.22. The van der Waals surface area contributed by atoms with E-state index >= 15 is 0 Å². The molecule has 1 aliphatic rings. The average Bonchev–Trinajstić information content (AvgIpc) is 2.83. The lowest BCUT2D eigenvalue weighted by Gasteiger charge is -2.30. The van der Waals surface area contributed by atoms with Crippen LogP contribution in [0.5, 0.6) is 5.75 Å². The van der Waals surface area contributed by atoms with Crippen LogP contribution in [0.15, 0.2) is 33.4 Å². The largest absolute Gasteiger partial charge is 0.490 e. The Morgan fingerprint density at radius 3 is 2.80 bits per heavy atom. The summed E-state index contributed by atoms with van der Waals surface area (Å²) in [5, 5.41) is 0. The number of aryl methyl sites for hydroxylation is 2. The molecule has 0 saturated carbocycles. The number of hydrogen-bond acceptors (Lipinski definition) is 3. The Bertz CT molecular complexity index is 678. The van der Waals surface area contributed by atoms with Crippen LogP contribution in [0.2, 0.25) is 0 Å². The van der Waals surface area contributed by atoms with E-state index < -0.39 is 0 Å². The van der Waals surface area contributed by atoms with E-state index in [4.69, 9.17) is 9.15 Å². The number of fused-ring (bicyclic) bond motifs is 1. The van der Waals surface area contributed by atoms with E-state index in [1.165, 1.54) is 0 Å². The molecule has 0 saturated heterocycles. The van der Waals surface area contributed by atoms with E-state index in [0.29, 0.717) is 23.6 Å². The van der Waals surface area contributed by atoms with Crippen molar-refractivity contribution in [1.29, 1.82) is 0 Å². The number of ether oxygens (including phenoxy) is 1. The monoisotopic (exact) mass is 335 g/mol. The number of amides is 1. The zero-order valence-electron chi connectivity index (χ0n) is 11.3. The molecule has 0 atom stereocenters. The van der Waals surface area contributed by atoms with Crippen LogP contribution in [0.1, 0.15) is 21.7 Å². The summed E-state index contributed by atoms with van der Waals surface area (Å²) < 4.78 is 11.6. The SMILES string of the molecule is Cc1cc(C)c2c(c1)OCCN2C(=O)c1ccc(Br)o1. The number of anilines is 1. The van der Waals surface area contributed by atoms with Crippen molar-refractivity contribution >= 4 is 27.5 Å². The van der Waals surface area contributed by atoms with E-state index in [1.807, 2.05) is 26.0 Å². The summed E-state index contributed by atoms with van der Waals surface area (Å²) in [6, 6.07) is 7.40. The van der Waals surface area contributed by atoms with E-state index in [9.17, 15) is 4.79 Å². The zero-order chi connectivity index (χ0) is 14.3. The minimum atomic E-state index is -0.146. The molecule has 0 radical (unpaired) electrons. The minimum Gasteiger partial charge on any atom is -0.490 e. The molecule has 0 unspecified atom stereocenters. The van der Waals surface area contributed by atoms with Gasteiger partial charge in [-0.15, -0.1) is 0 Å². The Labute approximate surface area is 125 Å². The summed E-state index contributed by atoms with van der Waals surface area (Å²) in [7, 11) is 0. The van der Waals surface area contributed by atoms with Gasteiger partial charge in [-0.1, -0.05) is 6.07 Å². The number of nitrogens with zero attached hydrogens (tertiary/aromatic N) is 1. The normalized spacial score (nSPS) is 13.8. The van der Waals surface area contributed by atoms with E-state index in [0.717, 1.165) is 22.6 Å². The quantitative estimate of drug-likeness (QED) is 0.798. The zero-order valence-corrected chi connectivity index (χ0v) is 12.9. The highest BCUT2D eigenvalue weighted by atomic mass is 79.9. The van der Waals surface area contributed by atoms with Crippen molar-refractivity contribution in [3.8, 4) is 5.75 Å². The van der Waals surface area contributed by atoms with Gasteiger partial charge in [0.1, 0.15) is 12.4 Å². The molecule has 3 rings (SSSR count). The summed E-state index contributed by atoms with van der Waals surface area (Å²) in [5.41, 5.74) is 2.98. The fourth-order valence-electron chi connectivity index (χ4n) is 2.50. The molecule has 2 heterocycles. The van der Waals surface area contributed by atoms with Gasteiger partial charge in [-0.05, 0) is 59.1 Å². The van der Waals surface area contributed by atoms with Crippen molar-refractivity contribution < 1.29 is 13.9 Å². The molecular weight excluding hydrogens is 322 g/mol. The molecule has 104 valence electrons. The van der Waals surface area contributed by atoms with Crippen LogP contribution in [0.4, 0.5) is 5.69 Å². The highest BCUT2D eigenvalue weighted by molar-refractivity contribution is 9.10. The molecule has 1 aliphatic heterocycles. The lowest BCUT2D eigenvalue weighted by atomic mass is 10.1. The molecule has 0 fully saturated rings. The summed E-state index contributed by atoms with van der Waals surface area (Å²) >= 11 is 3.22. The van der Waals surface area contributed by atoms with Crippen LogP contribution in [-0.4, -0.2) is 19.1 Å². The summed E-state index contributed by atoms with van der Waals surface area (Å²) in [6.07, 6.45) is 0.